The lowest BCUT2D eigenvalue weighted by atomic mass is 9.76. The van der Waals surface area contributed by atoms with Crippen LogP contribution in [0.1, 0.15) is 69.9 Å². The molecule has 0 aromatic heterocycles. The second kappa shape index (κ2) is 5.69. The SMILES string of the molecule is CC(C)(C)OC(=O)N1CC2(CC[C@](O)(c3cccc(C4CC4)c3F)C2)C1. The van der Waals surface area contributed by atoms with Crippen LogP contribution in [0.3, 0.4) is 0 Å². The van der Waals surface area contributed by atoms with Crippen molar-refractivity contribution in [2.45, 2.75) is 70.0 Å². The summed E-state index contributed by atoms with van der Waals surface area (Å²) in [5, 5.41) is 11.2. The van der Waals surface area contributed by atoms with E-state index in [1.54, 1.807) is 11.0 Å². The molecule has 1 saturated heterocycles. The number of rotatable bonds is 2. The first-order valence-electron chi connectivity index (χ1n) is 9.60. The van der Waals surface area contributed by atoms with Crippen LogP contribution in [0.25, 0.3) is 0 Å². The lowest BCUT2D eigenvalue weighted by Gasteiger charge is -2.48. The summed E-state index contributed by atoms with van der Waals surface area (Å²) in [6, 6.07) is 5.44. The lowest BCUT2D eigenvalue weighted by molar-refractivity contribution is -0.0484. The van der Waals surface area contributed by atoms with Crippen molar-refractivity contribution in [1.82, 2.24) is 4.90 Å². The van der Waals surface area contributed by atoms with Gasteiger partial charge in [0.15, 0.2) is 0 Å². The maximum atomic E-state index is 15.0. The van der Waals surface area contributed by atoms with Gasteiger partial charge in [-0.25, -0.2) is 9.18 Å². The molecule has 142 valence electrons. The summed E-state index contributed by atoms with van der Waals surface area (Å²) in [4.78, 5) is 13.9. The van der Waals surface area contributed by atoms with E-state index < -0.39 is 11.2 Å². The molecule has 26 heavy (non-hydrogen) atoms. The molecular weight excluding hydrogens is 333 g/mol. The van der Waals surface area contributed by atoms with Crippen molar-refractivity contribution in [1.29, 1.82) is 0 Å². The van der Waals surface area contributed by atoms with Crippen molar-refractivity contribution >= 4 is 6.09 Å². The molecule has 3 fully saturated rings. The van der Waals surface area contributed by atoms with E-state index in [0.717, 1.165) is 24.8 Å². The zero-order valence-corrected chi connectivity index (χ0v) is 15.8. The molecule has 5 heteroatoms. The van der Waals surface area contributed by atoms with Crippen LogP contribution < -0.4 is 0 Å². The molecule has 1 spiro atoms. The molecule has 1 atom stereocenters. The zero-order chi connectivity index (χ0) is 18.7. The molecule has 4 nitrogen and oxygen atoms in total. The number of carbonyl (C=O) groups is 1. The molecule has 0 unspecified atom stereocenters. The minimum Gasteiger partial charge on any atom is -0.444 e. The van der Waals surface area contributed by atoms with Gasteiger partial charge in [0, 0.05) is 24.1 Å². The summed E-state index contributed by atoms with van der Waals surface area (Å²) in [6.07, 6.45) is 3.61. The Morgan fingerprint density at radius 1 is 1.27 bits per heavy atom. The van der Waals surface area contributed by atoms with E-state index in [2.05, 4.69) is 0 Å². The number of benzene rings is 1. The van der Waals surface area contributed by atoms with E-state index >= 15 is 0 Å². The number of likely N-dealkylation sites (tertiary alicyclic amines) is 1. The summed E-state index contributed by atoms with van der Waals surface area (Å²) in [6.45, 7) is 6.71. The van der Waals surface area contributed by atoms with E-state index in [0.29, 0.717) is 37.4 Å². The highest BCUT2D eigenvalue weighted by Crippen LogP contribution is 2.55. The Morgan fingerprint density at radius 2 is 1.96 bits per heavy atom. The Hall–Kier alpha value is -1.62. The number of ether oxygens (including phenoxy) is 1. The number of hydrogen-bond donors (Lipinski definition) is 1. The Balaban J connectivity index is 1.46. The van der Waals surface area contributed by atoms with Gasteiger partial charge in [-0.1, -0.05) is 18.2 Å². The van der Waals surface area contributed by atoms with Crippen LogP contribution in [0, 0.1) is 11.2 Å². The molecule has 2 saturated carbocycles. The van der Waals surface area contributed by atoms with Crippen molar-refractivity contribution < 1.29 is 19.0 Å². The van der Waals surface area contributed by atoms with Gasteiger partial charge >= 0.3 is 6.09 Å². The van der Waals surface area contributed by atoms with Crippen molar-refractivity contribution in [3.05, 3.63) is 35.1 Å². The summed E-state index contributed by atoms with van der Waals surface area (Å²) < 4.78 is 20.4. The Morgan fingerprint density at radius 3 is 2.58 bits per heavy atom. The fraction of sp³-hybridized carbons (Fsp3) is 0.667. The molecule has 0 bridgehead atoms. The largest absolute Gasteiger partial charge is 0.444 e. The minimum atomic E-state index is -1.13. The van der Waals surface area contributed by atoms with Crippen LogP contribution >= 0.6 is 0 Å². The minimum absolute atomic E-state index is 0.117. The van der Waals surface area contributed by atoms with Crippen molar-refractivity contribution in [3.8, 4) is 0 Å². The predicted molar refractivity (Wildman–Crippen MR) is 96.4 cm³/mol. The summed E-state index contributed by atoms with van der Waals surface area (Å²) >= 11 is 0. The second-order valence-electron chi connectivity index (χ2n) is 9.53. The van der Waals surface area contributed by atoms with Gasteiger partial charge in [0.25, 0.3) is 0 Å². The van der Waals surface area contributed by atoms with Gasteiger partial charge in [-0.3, -0.25) is 0 Å². The van der Waals surface area contributed by atoms with Crippen LogP contribution in [0.4, 0.5) is 9.18 Å². The summed E-state index contributed by atoms with van der Waals surface area (Å²) in [5.41, 5.74) is -0.568. The third kappa shape index (κ3) is 3.11. The molecular formula is C21H28FNO3. The fourth-order valence-electron chi connectivity index (χ4n) is 4.61. The third-order valence-corrected chi connectivity index (χ3v) is 5.99. The number of halogens is 1. The molecule has 1 N–H and O–H groups in total. The van der Waals surface area contributed by atoms with E-state index in [4.69, 9.17) is 4.74 Å². The number of hydrogen-bond acceptors (Lipinski definition) is 3. The Bertz CT molecular complexity index is 731. The molecule has 0 radical (unpaired) electrons. The van der Waals surface area contributed by atoms with Crippen LogP contribution in [-0.4, -0.2) is 34.8 Å². The van der Waals surface area contributed by atoms with Crippen LogP contribution in [0.15, 0.2) is 18.2 Å². The molecule has 1 aliphatic heterocycles. The first-order chi connectivity index (χ1) is 12.1. The van der Waals surface area contributed by atoms with Gasteiger partial charge in [0.05, 0.1) is 5.60 Å². The third-order valence-electron chi connectivity index (χ3n) is 5.99. The molecule has 1 heterocycles. The second-order valence-corrected chi connectivity index (χ2v) is 9.53. The van der Waals surface area contributed by atoms with Gasteiger partial charge in [-0.05, 0) is 64.4 Å². The maximum absolute atomic E-state index is 15.0. The highest BCUT2D eigenvalue weighted by Gasteiger charge is 2.56. The average Bonchev–Trinajstić information content (AvgIpc) is 3.26. The van der Waals surface area contributed by atoms with E-state index in [-0.39, 0.29) is 17.3 Å². The van der Waals surface area contributed by atoms with Gasteiger partial charge < -0.3 is 14.7 Å². The average molecular weight is 361 g/mol. The zero-order valence-electron chi connectivity index (χ0n) is 15.8. The van der Waals surface area contributed by atoms with Gasteiger partial charge in [0.2, 0.25) is 0 Å². The summed E-state index contributed by atoms with van der Waals surface area (Å²) in [5.74, 6) is 0.0955. The standard InChI is InChI=1S/C21H28FNO3/c1-19(2,3)26-18(24)23-12-20(13-23)9-10-21(25,11-20)16-6-4-5-15(17(16)22)14-7-8-14/h4-6,14,25H,7-13H2,1-3H3/t21-/m1/s1. The molecule has 2 aliphatic carbocycles. The van der Waals surface area contributed by atoms with Crippen molar-refractivity contribution in [2.75, 3.05) is 13.1 Å². The molecule has 1 aromatic carbocycles. The van der Waals surface area contributed by atoms with E-state index in [9.17, 15) is 14.3 Å². The van der Waals surface area contributed by atoms with Crippen LogP contribution in [0.2, 0.25) is 0 Å². The normalized spacial score (nSPS) is 27.5. The molecule has 3 aliphatic rings. The van der Waals surface area contributed by atoms with Gasteiger partial charge in [0.1, 0.15) is 11.4 Å². The molecule has 4 rings (SSSR count). The first kappa shape index (κ1) is 17.8. The fourth-order valence-corrected chi connectivity index (χ4v) is 4.61. The Kier molecular flexibility index (Phi) is 3.89. The number of nitrogens with zero attached hydrogens (tertiary/aromatic N) is 1. The van der Waals surface area contributed by atoms with E-state index in [1.165, 1.54) is 0 Å². The quantitative estimate of drug-likeness (QED) is 0.854. The number of amides is 1. The predicted octanol–water partition coefficient (Wildman–Crippen LogP) is 4.31. The molecule has 1 amide bonds. The first-order valence-corrected chi connectivity index (χ1v) is 9.60. The van der Waals surface area contributed by atoms with Crippen LogP contribution in [-0.2, 0) is 10.3 Å². The highest BCUT2D eigenvalue weighted by molar-refractivity contribution is 5.69. The van der Waals surface area contributed by atoms with E-state index in [1.807, 2.05) is 32.9 Å². The summed E-state index contributed by atoms with van der Waals surface area (Å²) in [7, 11) is 0. The maximum Gasteiger partial charge on any atom is 0.410 e. The molecule has 1 aromatic rings. The Labute approximate surface area is 154 Å². The number of aliphatic hydroxyl groups is 1. The highest BCUT2D eigenvalue weighted by atomic mass is 19.1. The monoisotopic (exact) mass is 361 g/mol. The van der Waals surface area contributed by atoms with Crippen LogP contribution in [0.5, 0.6) is 0 Å². The van der Waals surface area contributed by atoms with Crippen molar-refractivity contribution in [2.24, 2.45) is 5.41 Å². The van der Waals surface area contributed by atoms with Gasteiger partial charge in [-0.15, -0.1) is 0 Å². The van der Waals surface area contributed by atoms with Crippen molar-refractivity contribution in [3.63, 3.8) is 0 Å². The topological polar surface area (TPSA) is 49.8 Å². The lowest BCUT2D eigenvalue weighted by Crippen LogP contribution is -2.58. The number of carbonyl (C=O) groups excluding carboxylic acids is 1. The smallest absolute Gasteiger partial charge is 0.410 e. The van der Waals surface area contributed by atoms with Gasteiger partial charge in [-0.2, -0.15) is 0 Å².